The standard InChI is InChI=1S/C30H37N5O3/c1-19-23(12-7-13-28(19)38-18-20-8-4-3-5-9-20)21-10-6-11-22(14-21)35-29(26(16-33-35)30(36)37)25-15-24(25)27(31)17-34(2)32/h6-7,10-14,16-17,20,24-25H,3-5,8-9,15,18,31-32H2,1-2H3,(H,36,37)/b27-17-/t24?,25-/m0/s1. The molecule has 0 bridgehead atoms. The second-order valence-electron chi connectivity index (χ2n) is 10.7. The number of carboxylic acids is 1. The van der Waals surface area contributed by atoms with Gasteiger partial charge in [-0.3, -0.25) is 0 Å². The number of nitrogens with zero attached hydrogens (tertiary/aromatic N) is 3. The van der Waals surface area contributed by atoms with E-state index in [9.17, 15) is 9.90 Å². The summed E-state index contributed by atoms with van der Waals surface area (Å²) >= 11 is 0. The minimum Gasteiger partial charge on any atom is -0.493 e. The van der Waals surface area contributed by atoms with Crippen molar-refractivity contribution in [3.63, 3.8) is 0 Å². The Morgan fingerprint density at radius 2 is 1.97 bits per heavy atom. The third-order valence-electron chi connectivity index (χ3n) is 7.84. The van der Waals surface area contributed by atoms with Gasteiger partial charge in [-0.2, -0.15) is 5.10 Å². The van der Waals surface area contributed by atoms with E-state index in [-0.39, 0.29) is 17.4 Å². The van der Waals surface area contributed by atoms with Gasteiger partial charge in [0.25, 0.3) is 0 Å². The van der Waals surface area contributed by atoms with Crippen LogP contribution in [-0.4, -0.2) is 39.5 Å². The summed E-state index contributed by atoms with van der Waals surface area (Å²) in [6.07, 6.45) is 10.3. The van der Waals surface area contributed by atoms with Crippen molar-refractivity contribution in [2.24, 2.45) is 23.4 Å². The predicted molar refractivity (Wildman–Crippen MR) is 148 cm³/mol. The average Bonchev–Trinajstić information content (AvgIpc) is 3.58. The van der Waals surface area contributed by atoms with E-state index in [4.69, 9.17) is 16.3 Å². The Morgan fingerprint density at radius 1 is 1.21 bits per heavy atom. The Kier molecular flexibility index (Phi) is 7.42. The van der Waals surface area contributed by atoms with E-state index in [0.717, 1.165) is 41.2 Å². The first-order valence-electron chi connectivity index (χ1n) is 13.4. The lowest BCUT2D eigenvalue weighted by Crippen LogP contribution is -2.21. The topological polar surface area (TPSA) is 120 Å². The molecule has 3 aromatic rings. The number of benzene rings is 2. The summed E-state index contributed by atoms with van der Waals surface area (Å²) in [5, 5.41) is 15.8. The van der Waals surface area contributed by atoms with Crippen LogP contribution in [0.1, 0.15) is 66.1 Å². The first kappa shape index (κ1) is 25.9. The average molecular weight is 516 g/mol. The molecule has 5 N–H and O–H groups in total. The van der Waals surface area contributed by atoms with Gasteiger partial charge in [-0.1, -0.05) is 43.5 Å². The van der Waals surface area contributed by atoms with Crippen molar-refractivity contribution in [3.05, 3.63) is 77.4 Å². The molecule has 2 atom stereocenters. The number of carboxylic acid groups (broad SMARTS) is 1. The smallest absolute Gasteiger partial charge is 0.339 e. The molecule has 2 fully saturated rings. The number of ether oxygens (including phenoxy) is 1. The summed E-state index contributed by atoms with van der Waals surface area (Å²) in [5.41, 5.74) is 11.8. The molecule has 0 aliphatic heterocycles. The van der Waals surface area contributed by atoms with Crippen molar-refractivity contribution in [1.29, 1.82) is 0 Å². The van der Waals surface area contributed by atoms with Gasteiger partial charge in [0.2, 0.25) is 0 Å². The molecule has 2 aliphatic rings. The van der Waals surface area contributed by atoms with E-state index in [1.807, 2.05) is 24.3 Å². The number of allylic oxidation sites excluding steroid dienone is 1. The highest BCUT2D eigenvalue weighted by Gasteiger charge is 2.45. The molecule has 2 aliphatic carbocycles. The maximum absolute atomic E-state index is 12.1. The zero-order chi connectivity index (χ0) is 26.8. The fraction of sp³-hybridized carbons (Fsp3) is 0.400. The number of hydrazine groups is 1. The first-order valence-corrected chi connectivity index (χ1v) is 13.4. The van der Waals surface area contributed by atoms with Crippen LogP contribution < -0.4 is 16.3 Å². The van der Waals surface area contributed by atoms with Crippen LogP contribution in [0.2, 0.25) is 0 Å². The number of rotatable bonds is 9. The van der Waals surface area contributed by atoms with E-state index in [1.165, 1.54) is 43.3 Å². The number of aromatic carboxylic acids is 1. The molecule has 1 aromatic heterocycles. The molecule has 2 saturated carbocycles. The molecule has 0 saturated heterocycles. The van der Waals surface area contributed by atoms with Gasteiger partial charge >= 0.3 is 5.97 Å². The number of nitrogens with two attached hydrogens (primary N) is 2. The van der Waals surface area contributed by atoms with Crippen molar-refractivity contribution < 1.29 is 14.6 Å². The van der Waals surface area contributed by atoms with Gasteiger partial charge in [0, 0.05) is 30.8 Å². The van der Waals surface area contributed by atoms with Crippen molar-refractivity contribution in [1.82, 2.24) is 14.8 Å². The highest BCUT2D eigenvalue weighted by molar-refractivity contribution is 5.89. The zero-order valence-electron chi connectivity index (χ0n) is 22.1. The second-order valence-corrected chi connectivity index (χ2v) is 10.7. The molecule has 0 amide bonds. The number of hydrogen-bond acceptors (Lipinski definition) is 6. The molecule has 8 nitrogen and oxygen atoms in total. The van der Waals surface area contributed by atoms with E-state index in [2.05, 4.69) is 30.2 Å². The van der Waals surface area contributed by atoms with Crippen LogP contribution >= 0.6 is 0 Å². The van der Waals surface area contributed by atoms with Crippen molar-refractivity contribution in [2.45, 2.75) is 51.4 Å². The summed E-state index contributed by atoms with van der Waals surface area (Å²) < 4.78 is 8.04. The van der Waals surface area contributed by atoms with Crippen molar-refractivity contribution in [2.75, 3.05) is 13.7 Å². The van der Waals surface area contributed by atoms with Gasteiger partial charge in [0.15, 0.2) is 0 Å². The predicted octanol–water partition coefficient (Wildman–Crippen LogP) is 5.21. The van der Waals surface area contributed by atoms with Crippen LogP contribution in [-0.2, 0) is 0 Å². The lowest BCUT2D eigenvalue weighted by Gasteiger charge is -2.22. The molecule has 1 heterocycles. The third kappa shape index (κ3) is 5.41. The van der Waals surface area contributed by atoms with Gasteiger partial charge in [0.05, 0.1) is 24.2 Å². The molecule has 200 valence electrons. The van der Waals surface area contributed by atoms with E-state index in [0.29, 0.717) is 17.3 Å². The lowest BCUT2D eigenvalue weighted by atomic mass is 9.90. The van der Waals surface area contributed by atoms with Gasteiger partial charge in [-0.15, -0.1) is 0 Å². The molecule has 0 radical (unpaired) electrons. The van der Waals surface area contributed by atoms with Crippen LogP contribution in [0, 0.1) is 18.8 Å². The minimum absolute atomic E-state index is 0.0259. The fourth-order valence-electron chi connectivity index (χ4n) is 5.73. The Labute approximate surface area is 223 Å². The normalized spacial score (nSPS) is 19.8. The number of aromatic nitrogens is 2. The summed E-state index contributed by atoms with van der Waals surface area (Å²) in [7, 11) is 1.71. The van der Waals surface area contributed by atoms with Crippen LogP contribution in [0.15, 0.2) is 60.6 Å². The highest BCUT2D eigenvalue weighted by atomic mass is 16.5. The third-order valence-corrected chi connectivity index (χ3v) is 7.84. The monoisotopic (exact) mass is 515 g/mol. The second kappa shape index (κ2) is 10.9. The van der Waals surface area contributed by atoms with Crippen LogP contribution in [0.25, 0.3) is 16.8 Å². The largest absolute Gasteiger partial charge is 0.493 e. The Balaban J connectivity index is 1.43. The van der Waals surface area contributed by atoms with Gasteiger partial charge < -0.3 is 20.6 Å². The summed E-state index contributed by atoms with van der Waals surface area (Å²) in [6.45, 7) is 2.86. The molecule has 38 heavy (non-hydrogen) atoms. The lowest BCUT2D eigenvalue weighted by molar-refractivity contribution is 0.0695. The van der Waals surface area contributed by atoms with E-state index in [1.54, 1.807) is 17.9 Å². The molecular weight excluding hydrogens is 478 g/mol. The zero-order valence-corrected chi connectivity index (χ0v) is 22.1. The van der Waals surface area contributed by atoms with Crippen LogP contribution in [0.4, 0.5) is 0 Å². The molecule has 0 spiro atoms. The maximum Gasteiger partial charge on any atom is 0.339 e. The Morgan fingerprint density at radius 3 is 2.71 bits per heavy atom. The molecule has 5 rings (SSSR count). The van der Waals surface area contributed by atoms with Gasteiger partial charge in [0.1, 0.15) is 11.3 Å². The van der Waals surface area contributed by atoms with Crippen molar-refractivity contribution >= 4 is 5.97 Å². The van der Waals surface area contributed by atoms with E-state index < -0.39 is 5.97 Å². The summed E-state index contributed by atoms with van der Waals surface area (Å²) in [5.74, 6) is 6.27. The molecule has 1 unspecified atom stereocenters. The Bertz CT molecular complexity index is 1340. The first-order chi connectivity index (χ1) is 18.3. The number of hydrogen-bond donors (Lipinski definition) is 3. The van der Waals surface area contributed by atoms with Gasteiger partial charge in [-0.25, -0.2) is 15.3 Å². The Hall–Kier alpha value is -3.78. The summed E-state index contributed by atoms with van der Waals surface area (Å²) in [4.78, 5) is 12.1. The van der Waals surface area contributed by atoms with Crippen LogP contribution in [0.3, 0.4) is 0 Å². The molecular formula is C30H37N5O3. The molecule has 2 aromatic carbocycles. The van der Waals surface area contributed by atoms with Gasteiger partial charge in [-0.05, 0) is 67.0 Å². The SMILES string of the molecule is Cc1c(OCC2CCCCC2)cccc1-c1cccc(-n2ncc(C(=O)O)c2[C@H]2CC2/C(N)=C/N(C)N)c1. The maximum atomic E-state index is 12.1. The quantitative estimate of drug-likeness (QED) is 0.264. The fourth-order valence-corrected chi connectivity index (χ4v) is 5.73. The number of carbonyl (C=O) groups is 1. The minimum atomic E-state index is -0.995. The van der Waals surface area contributed by atoms with Crippen molar-refractivity contribution in [3.8, 4) is 22.6 Å². The van der Waals surface area contributed by atoms with Crippen LogP contribution in [0.5, 0.6) is 5.75 Å². The highest BCUT2D eigenvalue weighted by Crippen LogP contribution is 2.52. The molecule has 8 heteroatoms. The van der Waals surface area contributed by atoms with E-state index >= 15 is 0 Å². The summed E-state index contributed by atoms with van der Waals surface area (Å²) in [6, 6.07) is 14.2.